The van der Waals surface area contributed by atoms with Gasteiger partial charge in [-0.05, 0) is 37.1 Å². The van der Waals surface area contributed by atoms with Crippen LogP contribution in [-0.2, 0) is 16.4 Å². The SMILES string of the molecule is CCc1nncn1C1CCN(S(=O)(=O)c2ccc(Cl)cc2)CC1. The largest absolute Gasteiger partial charge is 0.314 e. The van der Waals surface area contributed by atoms with E-state index in [9.17, 15) is 8.42 Å². The van der Waals surface area contributed by atoms with Crippen LogP contribution in [-0.4, -0.2) is 40.6 Å². The number of sulfonamides is 1. The van der Waals surface area contributed by atoms with Crippen LogP contribution in [0.3, 0.4) is 0 Å². The summed E-state index contributed by atoms with van der Waals surface area (Å²) in [5.41, 5.74) is 0. The van der Waals surface area contributed by atoms with Gasteiger partial charge in [0.25, 0.3) is 0 Å². The summed E-state index contributed by atoms with van der Waals surface area (Å²) in [4.78, 5) is 0.291. The lowest BCUT2D eigenvalue weighted by molar-refractivity contribution is 0.270. The van der Waals surface area contributed by atoms with Gasteiger partial charge in [0.2, 0.25) is 10.0 Å². The summed E-state index contributed by atoms with van der Waals surface area (Å²) >= 11 is 5.83. The second-order valence-corrected chi connectivity index (χ2v) is 7.97. The number of aromatic nitrogens is 3. The van der Waals surface area contributed by atoms with E-state index in [-0.39, 0.29) is 6.04 Å². The van der Waals surface area contributed by atoms with Gasteiger partial charge in [-0.3, -0.25) is 0 Å². The Morgan fingerprint density at radius 3 is 2.48 bits per heavy atom. The molecule has 0 unspecified atom stereocenters. The highest BCUT2D eigenvalue weighted by molar-refractivity contribution is 7.89. The Hall–Kier alpha value is -1.44. The van der Waals surface area contributed by atoms with Crippen molar-refractivity contribution in [3.63, 3.8) is 0 Å². The standard InChI is InChI=1S/C15H19ClN4O2S/c1-2-15-18-17-11-20(15)13-7-9-19(10-8-13)23(21,22)14-5-3-12(16)4-6-14/h3-6,11,13H,2,7-10H2,1H3. The highest BCUT2D eigenvalue weighted by Gasteiger charge is 2.30. The van der Waals surface area contributed by atoms with Gasteiger partial charge in [-0.1, -0.05) is 18.5 Å². The van der Waals surface area contributed by atoms with Crippen molar-refractivity contribution >= 4 is 21.6 Å². The zero-order chi connectivity index (χ0) is 16.4. The van der Waals surface area contributed by atoms with Crippen molar-refractivity contribution < 1.29 is 8.42 Å². The van der Waals surface area contributed by atoms with Gasteiger partial charge in [0.15, 0.2) is 0 Å². The Labute approximate surface area is 141 Å². The number of nitrogens with zero attached hydrogens (tertiary/aromatic N) is 4. The van der Waals surface area contributed by atoms with Crippen molar-refractivity contribution in [2.75, 3.05) is 13.1 Å². The molecule has 1 aliphatic rings. The molecule has 0 atom stereocenters. The fraction of sp³-hybridized carbons (Fsp3) is 0.467. The molecule has 124 valence electrons. The number of rotatable bonds is 4. The zero-order valence-corrected chi connectivity index (χ0v) is 14.5. The Balaban J connectivity index is 1.72. The van der Waals surface area contributed by atoms with Crippen LogP contribution in [0.15, 0.2) is 35.5 Å². The summed E-state index contributed by atoms with van der Waals surface area (Å²) < 4.78 is 29.0. The van der Waals surface area contributed by atoms with E-state index >= 15 is 0 Å². The maximum absolute atomic E-state index is 12.7. The van der Waals surface area contributed by atoms with Gasteiger partial charge < -0.3 is 4.57 Å². The predicted octanol–water partition coefficient (Wildman–Crippen LogP) is 2.52. The van der Waals surface area contributed by atoms with Crippen molar-refractivity contribution in [1.82, 2.24) is 19.1 Å². The molecule has 0 radical (unpaired) electrons. The number of hydrogen-bond acceptors (Lipinski definition) is 4. The second kappa shape index (κ2) is 6.59. The van der Waals surface area contributed by atoms with Gasteiger partial charge in [0, 0.05) is 30.6 Å². The third kappa shape index (κ3) is 3.27. The lowest BCUT2D eigenvalue weighted by Crippen LogP contribution is -2.39. The van der Waals surface area contributed by atoms with E-state index in [1.807, 2.05) is 6.92 Å². The van der Waals surface area contributed by atoms with Crippen LogP contribution in [0, 0.1) is 0 Å². The van der Waals surface area contributed by atoms with Gasteiger partial charge in [-0.15, -0.1) is 10.2 Å². The molecule has 0 saturated carbocycles. The molecular weight excluding hydrogens is 336 g/mol. The summed E-state index contributed by atoms with van der Waals surface area (Å²) in [7, 11) is -3.45. The maximum atomic E-state index is 12.7. The van der Waals surface area contributed by atoms with Gasteiger partial charge in [0.05, 0.1) is 4.90 Å². The first-order valence-electron chi connectivity index (χ1n) is 7.66. The topological polar surface area (TPSA) is 68.1 Å². The van der Waals surface area contributed by atoms with Crippen LogP contribution in [0.5, 0.6) is 0 Å². The minimum Gasteiger partial charge on any atom is -0.314 e. The first kappa shape index (κ1) is 16.4. The molecular formula is C15H19ClN4O2S. The Bertz CT molecular complexity index is 765. The van der Waals surface area contributed by atoms with E-state index < -0.39 is 10.0 Å². The van der Waals surface area contributed by atoms with Crippen molar-refractivity contribution in [3.05, 3.63) is 41.4 Å². The summed E-state index contributed by atoms with van der Waals surface area (Å²) in [6.07, 6.45) is 4.09. The van der Waals surface area contributed by atoms with Gasteiger partial charge in [0.1, 0.15) is 12.2 Å². The predicted molar refractivity (Wildman–Crippen MR) is 87.9 cm³/mol. The fourth-order valence-electron chi connectivity index (χ4n) is 2.94. The van der Waals surface area contributed by atoms with Crippen molar-refractivity contribution in [2.45, 2.75) is 37.1 Å². The molecule has 0 spiro atoms. The monoisotopic (exact) mass is 354 g/mol. The molecule has 1 saturated heterocycles. The lowest BCUT2D eigenvalue weighted by atomic mass is 10.1. The smallest absolute Gasteiger partial charge is 0.243 e. The first-order valence-corrected chi connectivity index (χ1v) is 9.48. The van der Waals surface area contributed by atoms with Gasteiger partial charge >= 0.3 is 0 Å². The Morgan fingerprint density at radius 2 is 1.87 bits per heavy atom. The van der Waals surface area contributed by atoms with E-state index in [1.165, 1.54) is 0 Å². The molecule has 3 rings (SSSR count). The molecule has 1 aromatic heterocycles. The van der Waals surface area contributed by atoms with Crippen LogP contribution in [0.25, 0.3) is 0 Å². The molecule has 0 aliphatic carbocycles. The van der Waals surface area contributed by atoms with E-state index in [1.54, 1.807) is 34.9 Å². The maximum Gasteiger partial charge on any atom is 0.243 e. The van der Waals surface area contributed by atoms with Crippen molar-refractivity contribution in [3.8, 4) is 0 Å². The van der Waals surface area contributed by atoms with Crippen LogP contribution >= 0.6 is 11.6 Å². The average molecular weight is 355 g/mol. The molecule has 1 aliphatic heterocycles. The first-order chi connectivity index (χ1) is 11.0. The van der Waals surface area contributed by atoms with Crippen LogP contribution in [0.1, 0.15) is 31.6 Å². The van der Waals surface area contributed by atoms with Gasteiger partial charge in [-0.25, -0.2) is 8.42 Å². The van der Waals surface area contributed by atoms with Crippen molar-refractivity contribution in [1.29, 1.82) is 0 Å². The molecule has 0 amide bonds. The minimum atomic E-state index is -3.45. The molecule has 8 heteroatoms. The molecule has 2 aromatic rings. The molecule has 0 N–H and O–H groups in total. The van der Waals surface area contributed by atoms with E-state index in [0.29, 0.717) is 23.0 Å². The molecule has 23 heavy (non-hydrogen) atoms. The normalized spacial score (nSPS) is 17.5. The number of halogens is 1. The number of piperidine rings is 1. The van der Waals surface area contributed by atoms with E-state index in [2.05, 4.69) is 14.8 Å². The zero-order valence-electron chi connectivity index (χ0n) is 12.9. The van der Waals surface area contributed by atoms with E-state index in [0.717, 1.165) is 25.1 Å². The van der Waals surface area contributed by atoms with Crippen LogP contribution in [0.2, 0.25) is 5.02 Å². The highest BCUT2D eigenvalue weighted by atomic mass is 35.5. The Kier molecular flexibility index (Phi) is 4.70. The van der Waals surface area contributed by atoms with Crippen LogP contribution < -0.4 is 0 Å². The second-order valence-electron chi connectivity index (χ2n) is 5.60. The fourth-order valence-corrected chi connectivity index (χ4v) is 4.54. The molecule has 0 bridgehead atoms. The summed E-state index contributed by atoms with van der Waals surface area (Å²) in [5.74, 6) is 0.948. The average Bonchev–Trinajstić information content (AvgIpc) is 3.04. The van der Waals surface area contributed by atoms with Crippen LogP contribution in [0.4, 0.5) is 0 Å². The highest BCUT2D eigenvalue weighted by Crippen LogP contribution is 2.27. The summed E-state index contributed by atoms with van der Waals surface area (Å²) in [6.45, 7) is 3.04. The quantitative estimate of drug-likeness (QED) is 0.846. The molecule has 1 aromatic carbocycles. The number of aryl methyl sites for hydroxylation is 1. The third-order valence-corrected chi connectivity index (χ3v) is 6.40. The Morgan fingerprint density at radius 1 is 1.22 bits per heavy atom. The number of benzene rings is 1. The van der Waals surface area contributed by atoms with E-state index in [4.69, 9.17) is 11.6 Å². The van der Waals surface area contributed by atoms with Gasteiger partial charge in [-0.2, -0.15) is 4.31 Å². The number of hydrogen-bond donors (Lipinski definition) is 0. The minimum absolute atomic E-state index is 0.261. The lowest BCUT2D eigenvalue weighted by Gasteiger charge is -2.32. The molecule has 2 heterocycles. The molecule has 6 nitrogen and oxygen atoms in total. The summed E-state index contributed by atoms with van der Waals surface area (Å²) in [6, 6.07) is 6.58. The summed E-state index contributed by atoms with van der Waals surface area (Å²) in [5, 5.41) is 8.59. The van der Waals surface area contributed by atoms with Crippen molar-refractivity contribution in [2.24, 2.45) is 0 Å². The molecule has 1 fully saturated rings. The third-order valence-electron chi connectivity index (χ3n) is 4.23.